The molecule has 0 aliphatic rings. The van der Waals surface area contributed by atoms with Crippen molar-refractivity contribution in [2.45, 2.75) is 27.2 Å². The molecule has 35 heavy (non-hydrogen) atoms. The van der Waals surface area contributed by atoms with E-state index in [9.17, 15) is 19.6 Å². The number of hydrogen-bond acceptors (Lipinski definition) is 10. The molecular formula is C25H27NO8S. The van der Waals surface area contributed by atoms with Crippen LogP contribution in [0.1, 0.15) is 49.9 Å². The van der Waals surface area contributed by atoms with Crippen LogP contribution in [-0.4, -0.2) is 52.3 Å². The predicted octanol–water partition coefficient (Wildman–Crippen LogP) is 4.15. The Morgan fingerprint density at radius 1 is 0.971 bits per heavy atom. The molecule has 1 aromatic heterocycles. The van der Waals surface area contributed by atoms with Crippen LogP contribution in [0.15, 0.2) is 17.7 Å². The number of benzene rings is 1. The molecule has 9 nitrogen and oxygen atoms in total. The fourth-order valence-electron chi connectivity index (χ4n) is 3.37. The molecule has 0 atom stereocenters. The number of allylic oxidation sites excluding steroid dienone is 1. The topological polar surface area (TPSA) is 121 Å². The lowest BCUT2D eigenvalue weighted by molar-refractivity contribution is -0.114. The molecule has 2 rings (SSSR count). The molecule has 0 saturated heterocycles. The van der Waals surface area contributed by atoms with Crippen molar-refractivity contribution in [2.75, 3.05) is 34.5 Å². The van der Waals surface area contributed by atoms with E-state index < -0.39 is 17.7 Å². The number of rotatable bonds is 11. The molecule has 186 valence electrons. The molecule has 0 aliphatic carbocycles. The molecular weight excluding hydrogens is 474 g/mol. The van der Waals surface area contributed by atoms with E-state index >= 15 is 0 Å². The first kappa shape index (κ1) is 27.4. The van der Waals surface area contributed by atoms with Gasteiger partial charge in [0.2, 0.25) is 5.75 Å². The number of carbonyl (C=O) groups is 3. The Labute approximate surface area is 207 Å². The summed E-state index contributed by atoms with van der Waals surface area (Å²) < 4.78 is 26.2. The predicted molar refractivity (Wildman–Crippen MR) is 129 cm³/mol. The van der Waals surface area contributed by atoms with E-state index in [0.29, 0.717) is 27.5 Å². The summed E-state index contributed by atoms with van der Waals surface area (Å²) in [5, 5.41) is 9.71. The van der Waals surface area contributed by atoms with Gasteiger partial charge in [-0.15, -0.1) is 11.3 Å². The first-order valence-electron chi connectivity index (χ1n) is 10.7. The van der Waals surface area contributed by atoms with E-state index in [1.807, 2.05) is 6.07 Å². The number of nitrogens with zero attached hydrogens (tertiary/aromatic N) is 1. The van der Waals surface area contributed by atoms with Gasteiger partial charge in [0.25, 0.3) is 0 Å². The minimum atomic E-state index is -0.649. The van der Waals surface area contributed by atoms with Crippen molar-refractivity contribution < 1.29 is 38.1 Å². The van der Waals surface area contributed by atoms with Crippen LogP contribution in [0, 0.1) is 18.3 Å². The van der Waals surface area contributed by atoms with Crippen molar-refractivity contribution >= 4 is 35.1 Å². The minimum Gasteiger partial charge on any atom is -0.493 e. The number of Topliss-reactive ketones (excluding diaryl/α,β-unsaturated/α-hetero) is 1. The van der Waals surface area contributed by atoms with Gasteiger partial charge in [-0.05, 0) is 44.5 Å². The van der Waals surface area contributed by atoms with E-state index in [0.717, 1.165) is 11.3 Å². The molecule has 0 aliphatic heterocycles. The zero-order valence-electron chi connectivity index (χ0n) is 20.5. The van der Waals surface area contributed by atoms with Crippen molar-refractivity contribution in [3.8, 4) is 23.3 Å². The zero-order valence-corrected chi connectivity index (χ0v) is 21.3. The third kappa shape index (κ3) is 6.00. The summed E-state index contributed by atoms with van der Waals surface area (Å²) in [6.07, 6.45) is 1.09. The standard InChI is InChI=1S/C25H27NO8S/c1-7-33-24(28)20-14(3)23(25(29)34-8-2)35-19(20)12-17(27)16(13-26)11-15-9-10-18(30-4)22(32-6)21(15)31-5/h9-11H,7-8,12H2,1-6H3. The van der Waals surface area contributed by atoms with Gasteiger partial charge >= 0.3 is 11.9 Å². The third-order valence-corrected chi connectivity index (χ3v) is 6.21. The summed E-state index contributed by atoms with van der Waals surface area (Å²) in [5.74, 6) is -0.770. The van der Waals surface area contributed by atoms with Crippen molar-refractivity contribution in [3.05, 3.63) is 44.2 Å². The Morgan fingerprint density at radius 3 is 2.14 bits per heavy atom. The Kier molecular flexibility index (Phi) is 9.85. The monoisotopic (exact) mass is 501 g/mol. The van der Waals surface area contributed by atoms with E-state index in [4.69, 9.17) is 23.7 Å². The lowest BCUT2D eigenvalue weighted by Crippen LogP contribution is -2.12. The van der Waals surface area contributed by atoms with Crippen LogP contribution >= 0.6 is 11.3 Å². The second-order valence-electron chi connectivity index (χ2n) is 6.99. The molecule has 0 amide bonds. The van der Waals surface area contributed by atoms with Crippen molar-refractivity contribution in [1.29, 1.82) is 5.26 Å². The number of methoxy groups -OCH3 is 3. The fraction of sp³-hybridized carbons (Fsp3) is 0.360. The summed E-state index contributed by atoms with van der Waals surface area (Å²) in [4.78, 5) is 38.6. The quantitative estimate of drug-likeness (QED) is 0.254. The van der Waals surface area contributed by atoms with Crippen LogP contribution in [0.5, 0.6) is 17.2 Å². The molecule has 0 spiro atoms. The molecule has 10 heteroatoms. The molecule has 1 aromatic carbocycles. The van der Waals surface area contributed by atoms with Gasteiger partial charge in [0.1, 0.15) is 10.9 Å². The average molecular weight is 502 g/mol. The number of ketones is 1. The number of hydrogen-bond donors (Lipinski definition) is 0. The second kappa shape index (κ2) is 12.6. The molecule has 2 aromatic rings. The highest BCUT2D eigenvalue weighted by Crippen LogP contribution is 2.40. The average Bonchev–Trinajstić information content (AvgIpc) is 3.17. The molecule has 0 N–H and O–H groups in total. The van der Waals surface area contributed by atoms with E-state index in [-0.39, 0.29) is 41.4 Å². The zero-order chi connectivity index (χ0) is 26.1. The van der Waals surface area contributed by atoms with Gasteiger partial charge in [-0.2, -0.15) is 5.26 Å². The fourth-order valence-corrected chi connectivity index (χ4v) is 4.55. The molecule has 0 unspecified atom stereocenters. The van der Waals surface area contributed by atoms with E-state index in [1.165, 1.54) is 27.4 Å². The summed E-state index contributed by atoms with van der Waals surface area (Å²) in [6.45, 7) is 5.21. The summed E-state index contributed by atoms with van der Waals surface area (Å²) in [6, 6.07) is 5.16. The van der Waals surface area contributed by atoms with Crippen LogP contribution in [0.2, 0.25) is 0 Å². The van der Waals surface area contributed by atoms with E-state index in [1.54, 1.807) is 32.9 Å². The largest absolute Gasteiger partial charge is 0.493 e. The molecule has 0 saturated carbocycles. The maximum absolute atomic E-state index is 13.1. The first-order chi connectivity index (χ1) is 16.8. The van der Waals surface area contributed by atoms with Crippen molar-refractivity contribution in [2.24, 2.45) is 0 Å². The normalized spacial score (nSPS) is 10.8. The van der Waals surface area contributed by atoms with Gasteiger partial charge in [0.05, 0.1) is 45.7 Å². The smallest absolute Gasteiger partial charge is 0.348 e. The Hall–Kier alpha value is -3.84. The first-order valence-corrected chi connectivity index (χ1v) is 11.5. The summed E-state index contributed by atoms with van der Waals surface area (Å²) >= 11 is 0.975. The van der Waals surface area contributed by atoms with Gasteiger partial charge in [-0.1, -0.05) is 0 Å². The van der Waals surface area contributed by atoms with Gasteiger partial charge in [0.15, 0.2) is 17.3 Å². The Morgan fingerprint density at radius 2 is 1.60 bits per heavy atom. The summed E-state index contributed by atoms with van der Waals surface area (Å²) in [5.41, 5.74) is 0.761. The summed E-state index contributed by atoms with van der Waals surface area (Å²) in [7, 11) is 4.35. The maximum atomic E-state index is 13.1. The number of carbonyl (C=O) groups excluding carboxylic acids is 3. The third-order valence-electron chi connectivity index (χ3n) is 4.94. The van der Waals surface area contributed by atoms with Crippen LogP contribution in [-0.2, 0) is 20.7 Å². The van der Waals surface area contributed by atoms with Crippen molar-refractivity contribution in [1.82, 2.24) is 0 Å². The van der Waals surface area contributed by atoms with Crippen LogP contribution in [0.4, 0.5) is 0 Å². The lowest BCUT2D eigenvalue weighted by Gasteiger charge is -2.14. The minimum absolute atomic E-state index is 0.124. The van der Waals surface area contributed by atoms with Gasteiger partial charge in [-0.3, -0.25) is 4.79 Å². The number of ether oxygens (including phenoxy) is 5. The molecule has 0 fully saturated rings. The SMILES string of the molecule is CCOC(=O)c1sc(CC(=O)C(C#N)=Cc2ccc(OC)c(OC)c2OC)c(C(=O)OCC)c1C. The number of thiophene rings is 1. The number of esters is 2. The second-order valence-corrected chi connectivity index (χ2v) is 8.09. The molecule has 0 bridgehead atoms. The van der Waals surface area contributed by atoms with Crippen LogP contribution < -0.4 is 14.2 Å². The Bertz CT molecular complexity index is 1190. The van der Waals surface area contributed by atoms with E-state index in [2.05, 4.69) is 0 Å². The van der Waals surface area contributed by atoms with Gasteiger partial charge < -0.3 is 23.7 Å². The highest BCUT2D eigenvalue weighted by Gasteiger charge is 2.28. The van der Waals surface area contributed by atoms with Crippen molar-refractivity contribution in [3.63, 3.8) is 0 Å². The number of nitriles is 1. The maximum Gasteiger partial charge on any atom is 0.348 e. The Balaban J connectivity index is 2.52. The molecule has 1 heterocycles. The molecule has 0 radical (unpaired) electrons. The highest BCUT2D eigenvalue weighted by atomic mass is 32.1. The van der Waals surface area contributed by atoms with Gasteiger partial charge in [0, 0.05) is 16.9 Å². The lowest BCUT2D eigenvalue weighted by atomic mass is 10.0. The highest BCUT2D eigenvalue weighted by molar-refractivity contribution is 7.14. The van der Waals surface area contributed by atoms with Crippen LogP contribution in [0.3, 0.4) is 0 Å². The van der Waals surface area contributed by atoms with Crippen LogP contribution in [0.25, 0.3) is 6.08 Å². The van der Waals surface area contributed by atoms with Gasteiger partial charge in [-0.25, -0.2) is 9.59 Å².